The van der Waals surface area contributed by atoms with Crippen molar-refractivity contribution in [3.8, 4) is 5.75 Å². The topological polar surface area (TPSA) is 35.5 Å². The largest absolute Gasteiger partial charge is 0.466 e. The average Bonchev–Trinajstić information content (AvgIpc) is 2.41. The molecular formula is C15H16O3. The molecule has 0 spiro atoms. The van der Waals surface area contributed by atoms with Gasteiger partial charge in [-0.05, 0) is 31.1 Å². The predicted molar refractivity (Wildman–Crippen MR) is 69.1 cm³/mol. The van der Waals surface area contributed by atoms with Crippen LogP contribution in [0.25, 0.3) is 0 Å². The second-order valence-corrected chi connectivity index (χ2v) is 4.22. The van der Waals surface area contributed by atoms with Crippen molar-refractivity contribution in [3.63, 3.8) is 0 Å². The summed E-state index contributed by atoms with van der Waals surface area (Å²) in [4.78, 5) is 11.5. The van der Waals surface area contributed by atoms with Gasteiger partial charge < -0.3 is 9.47 Å². The molecule has 3 nitrogen and oxygen atoms in total. The zero-order chi connectivity index (χ0) is 13.0. The summed E-state index contributed by atoms with van der Waals surface area (Å²) in [6.45, 7) is 2.02. The lowest BCUT2D eigenvalue weighted by atomic mass is 9.98. The van der Waals surface area contributed by atoms with E-state index in [0.29, 0.717) is 12.0 Å². The van der Waals surface area contributed by atoms with Crippen molar-refractivity contribution in [3.05, 3.63) is 53.3 Å². The van der Waals surface area contributed by atoms with Crippen molar-refractivity contribution >= 4 is 5.97 Å². The van der Waals surface area contributed by atoms with Crippen molar-refractivity contribution in [2.24, 2.45) is 0 Å². The molecule has 0 saturated heterocycles. The maximum atomic E-state index is 11.5. The first kappa shape index (κ1) is 12.4. The number of carbonyl (C=O) groups is 1. The molecule has 0 bridgehead atoms. The number of esters is 1. The van der Waals surface area contributed by atoms with Crippen molar-refractivity contribution in [2.75, 3.05) is 7.11 Å². The van der Waals surface area contributed by atoms with Crippen LogP contribution in [-0.4, -0.2) is 13.1 Å². The first-order chi connectivity index (χ1) is 8.70. The van der Waals surface area contributed by atoms with Crippen LogP contribution in [-0.2, 0) is 9.53 Å². The van der Waals surface area contributed by atoms with Crippen LogP contribution >= 0.6 is 0 Å². The second kappa shape index (κ2) is 5.54. The van der Waals surface area contributed by atoms with Crippen molar-refractivity contribution in [1.82, 2.24) is 0 Å². The minimum atomic E-state index is -0.281. The quantitative estimate of drug-likeness (QED) is 0.766. The smallest absolute Gasteiger partial charge is 0.333 e. The summed E-state index contributed by atoms with van der Waals surface area (Å²) in [7, 11) is 1.39. The van der Waals surface area contributed by atoms with E-state index in [-0.39, 0.29) is 5.97 Å². The number of benzene rings is 1. The third-order valence-corrected chi connectivity index (χ3v) is 2.91. The molecular weight excluding hydrogens is 228 g/mol. The normalized spacial score (nSPS) is 15.1. The molecule has 0 amide bonds. The monoisotopic (exact) mass is 244 g/mol. The molecule has 1 aromatic rings. The molecule has 0 aliphatic heterocycles. The molecule has 3 heteroatoms. The van der Waals surface area contributed by atoms with Crippen molar-refractivity contribution < 1.29 is 14.3 Å². The Hall–Kier alpha value is -2.03. The third-order valence-electron chi connectivity index (χ3n) is 2.91. The summed E-state index contributed by atoms with van der Waals surface area (Å²) in [5.74, 6) is 1.35. The number of rotatable bonds is 3. The Bertz CT molecular complexity index is 498. The molecule has 18 heavy (non-hydrogen) atoms. The first-order valence-corrected chi connectivity index (χ1v) is 5.89. The highest BCUT2D eigenvalue weighted by Crippen LogP contribution is 2.27. The first-order valence-electron chi connectivity index (χ1n) is 5.89. The summed E-state index contributed by atoms with van der Waals surface area (Å²) in [6.07, 6.45) is 3.12. The zero-order valence-electron chi connectivity index (χ0n) is 10.6. The summed E-state index contributed by atoms with van der Waals surface area (Å²) < 4.78 is 10.6. The number of methoxy groups -OCH3 is 1. The van der Waals surface area contributed by atoms with Crippen LogP contribution in [0, 0.1) is 0 Å². The standard InChI is InChI=1S/C15H16O3/c1-11-8-9-12(15(16)17-2)10-14(11)18-13-6-4-3-5-7-13/h3-7,9H,8,10H2,1-2H3. The van der Waals surface area contributed by atoms with Gasteiger partial charge in [-0.3, -0.25) is 0 Å². The van der Waals surface area contributed by atoms with Crippen LogP contribution in [0.15, 0.2) is 53.3 Å². The van der Waals surface area contributed by atoms with Crippen LogP contribution in [0.3, 0.4) is 0 Å². The van der Waals surface area contributed by atoms with Crippen LogP contribution in [0.1, 0.15) is 19.8 Å². The predicted octanol–water partition coefficient (Wildman–Crippen LogP) is 3.23. The minimum absolute atomic E-state index is 0.281. The summed E-state index contributed by atoms with van der Waals surface area (Å²) in [6, 6.07) is 9.58. The average molecular weight is 244 g/mol. The molecule has 0 fully saturated rings. The maximum absolute atomic E-state index is 11.5. The molecule has 1 aliphatic rings. The SMILES string of the molecule is COC(=O)C1=CCC(C)=C(Oc2ccccc2)C1. The fourth-order valence-electron chi connectivity index (χ4n) is 1.83. The van der Waals surface area contributed by atoms with Gasteiger partial charge in [-0.15, -0.1) is 0 Å². The van der Waals surface area contributed by atoms with Gasteiger partial charge in [-0.2, -0.15) is 0 Å². The molecule has 0 unspecified atom stereocenters. The fraction of sp³-hybridized carbons (Fsp3) is 0.267. The van der Waals surface area contributed by atoms with Crippen molar-refractivity contribution in [1.29, 1.82) is 0 Å². The molecule has 1 aliphatic carbocycles. The van der Waals surface area contributed by atoms with Gasteiger partial charge in [0.2, 0.25) is 0 Å². The Morgan fingerprint density at radius 1 is 1.22 bits per heavy atom. The summed E-state index contributed by atoms with van der Waals surface area (Å²) in [5, 5.41) is 0. The van der Waals surface area contributed by atoms with Gasteiger partial charge in [-0.25, -0.2) is 4.79 Å². The van der Waals surface area contributed by atoms with Gasteiger partial charge in [0.25, 0.3) is 0 Å². The Kier molecular flexibility index (Phi) is 3.82. The molecule has 94 valence electrons. The van der Waals surface area contributed by atoms with Gasteiger partial charge in [-0.1, -0.05) is 24.3 Å². The number of allylic oxidation sites excluding steroid dienone is 3. The highest BCUT2D eigenvalue weighted by molar-refractivity contribution is 5.89. The highest BCUT2D eigenvalue weighted by atomic mass is 16.5. The Balaban J connectivity index is 2.11. The Morgan fingerprint density at radius 2 is 1.94 bits per heavy atom. The highest BCUT2D eigenvalue weighted by Gasteiger charge is 2.19. The number of hydrogen-bond acceptors (Lipinski definition) is 3. The molecule has 0 saturated carbocycles. The third kappa shape index (κ3) is 2.80. The van der Waals surface area contributed by atoms with Gasteiger partial charge in [0.15, 0.2) is 0 Å². The summed E-state index contributed by atoms with van der Waals surface area (Å²) >= 11 is 0. The van der Waals surface area contributed by atoms with Crippen molar-refractivity contribution in [2.45, 2.75) is 19.8 Å². The number of para-hydroxylation sites is 1. The van der Waals surface area contributed by atoms with Crippen LogP contribution in [0.5, 0.6) is 5.75 Å². The molecule has 2 rings (SSSR count). The molecule has 1 aromatic carbocycles. The van der Waals surface area contributed by atoms with E-state index < -0.39 is 0 Å². The van der Waals surface area contributed by atoms with E-state index in [1.165, 1.54) is 7.11 Å². The van der Waals surface area contributed by atoms with Crippen LogP contribution in [0.2, 0.25) is 0 Å². The molecule has 0 radical (unpaired) electrons. The Morgan fingerprint density at radius 3 is 2.61 bits per heavy atom. The van der Waals surface area contributed by atoms with Gasteiger partial charge in [0, 0.05) is 12.0 Å². The van der Waals surface area contributed by atoms with E-state index in [1.54, 1.807) is 0 Å². The van der Waals surface area contributed by atoms with E-state index in [1.807, 2.05) is 43.3 Å². The van der Waals surface area contributed by atoms with Crippen LogP contribution < -0.4 is 4.74 Å². The van der Waals surface area contributed by atoms with E-state index in [2.05, 4.69) is 0 Å². The molecule has 0 heterocycles. The fourth-order valence-corrected chi connectivity index (χ4v) is 1.83. The van der Waals surface area contributed by atoms with E-state index in [9.17, 15) is 4.79 Å². The lowest BCUT2D eigenvalue weighted by Gasteiger charge is -2.18. The lowest BCUT2D eigenvalue weighted by Crippen LogP contribution is -2.12. The number of hydrogen-bond donors (Lipinski definition) is 0. The molecule has 0 atom stereocenters. The number of carbonyl (C=O) groups excluding carboxylic acids is 1. The Labute approximate surface area is 107 Å². The summed E-state index contributed by atoms with van der Waals surface area (Å²) in [5.41, 5.74) is 1.81. The van der Waals surface area contributed by atoms with Gasteiger partial charge in [0.1, 0.15) is 11.5 Å². The van der Waals surface area contributed by atoms with E-state index in [4.69, 9.17) is 9.47 Å². The van der Waals surface area contributed by atoms with Gasteiger partial charge in [0.05, 0.1) is 7.11 Å². The lowest BCUT2D eigenvalue weighted by molar-refractivity contribution is -0.136. The van der Waals surface area contributed by atoms with E-state index >= 15 is 0 Å². The van der Waals surface area contributed by atoms with Gasteiger partial charge >= 0.3 is 5.97 Å². The van der Waals surface area contributed by atoms with E-state index in [0.717, 1.165) is 23.5 Å². The minimum Gasteiger partial charge on any atom is -0.466 e. The maximum Gasteiger partial charge on any atom is 0.333 e. The van der Waals surface area contributed by atoms with Crippen LogP contribution in [0.4, 0.5) is 0 Å². The molecule has 0 N–H and O–H groups in total. The second-order valence-electron chi connectivity index (χ2n) is 4.22. The number of ether oxygens (including phenoxy) is 2. The molecule has 0 aromatic heterocycles. The zero-order valence-corrected chi connectivity index (χ0v) is 10.6.